The summed E-state index contributed by atoms with van der Waals surface area (Å²) in [5, 5.41) is 13.4. The molecule has 0 radical (unpaired) electrons. The van der Waals surface area contributed by atoms with E-state index in [1.54, 1.807) is 6.07 Å². The molecule has 1 fully saturated rings. The zero-order valence-electron chi connectivity index (χ0n) is 17.4. The van der Waals surface area contributed by atoms with E-state index in [-0.39, 0.29) is 24.3 Å². The number of azide groups is 1. The molecule has 31 heavy (non-hydrogen) atoms. The van der Waals surface area contributed by atoms with E-state index in [9.17, 15) is 4.79 Å². The molecule has 1 amide bonds. The Morgan fingerprint density at radius 1 is 1.13 bits per heavy atom. The standard InChI is InChI=1S/C22H28N8O/c23-30-26-15-24-20(31)17-8-6-7-16(13-17)14-25-29-21-22(11-4-1-5-12-22)28-19-10-3-2-9-18(19)27-21/h2-3,6-10,13,21,25,27-29H,1,4-5,11-12,14-15H2,(H,24,31). The van der Waals surface area contributed by atoms with Gasteiger partial charge in [0.15, 0.2) is 0 Å². The first-order valence-electron chi connectivity index (χ1n) is 10.7. The van der Waals surface area contributed by atoms with Gasteiger partial charge in [-0.15, -0.1) is 0 Å². The highest BCUT2D eigenvalue weighted by molar-refractivity contribution is 5.94. The van der Waals surface area contributed by atoms with Gasteiger partial charge in [0.2, 0.25) is 0 Å². The number of nitrogens with one attached hydrogen (secondary N) is 5. The third-order valence-electron chi connectivity index (χ3n) is 6.01. The van der Waals surface area contributed by atoms with E-state index in [1.807, 2.05) is 24.3 Å². The number of hydrogen-bond donors (Lipinski definition) is 5. The van der Waals surface area contributed by atoms with E-state index in [0.29, 0.717) is 12.1 Å². The molecule has 0 aromatic heterocycles. The maximum absolute atomic E-state index is 12.2. The Hall–Kier alpha value is -3.26. The summed E-state index contributed by atoms with van der Waals surface area (Å²) in [5.74, 6) is -0.266. The molecule has 1 aliphatic heterocycles. The molecule has 2 aliphatic rings. The second-order valence-electron chi connectivity index (χ2n) is 8.06. The average Bonchev–Trinajstić information content (AvgIpc) is 2.80. The smallest absolute Gasteiger partial charge is 0.251 e. The third-order valence-corrected chi connectivity index (χ3v) is 6.01. The van der Waals surface area contributed by atoms with Gasteiger partial charge in [-0.2, -0.15) is 0 Å². The number of hydrogen-bond acceptors (Lipinski definition) is 6. The molecule has 0 saturated heterocycles. The summed E-state index contributed by atoms with van der Waals surface area (Å²) in [6.45, 7) is 0.497. The number of anilines is 2. The van der Waals surface area contributed by atoms with Crippen molar-refractivity contribution in [2.24, 2.45) is 5.11 Å². The first-order chi connectivity index (χ1) is 15.2. The molecule has 162 valence electrons. The minimum atomic E-state index is -0.266. The normalized spacial score (nSPS) is 18.8. The molecular formula is C22H28N8O. The van der Waals surface area contributed by atoms with Crippen LogP contribution >= 0.6 is 0 Å². The van der Waals surface area contributed by atoms with Crippen LogP contribution in [0.1, 0.15) is 48.0 Å². The van der Waals surface area contributed by atoms with Crippen molar-refractivity contribution in [3.8, 4) is 0 Å². The van der Waals surface area contributed by atoms with Gasteiger partial charge in [-0.05, 0) is 48.2 Å². The molecular weight excluding hydrogens is 392 g/mol. The second-order valence-corrected chi connectivity index (χ2v) is 8.06. The highest BCUT2D eigenvalue weighted by Gasteiger charge is 2.43. The number of fused-ring (bicyclic) bond motifs is 1. The van der Waals surface area contributed by atoms with Crippen molar-refractivity contribution in [1.82, 2.24) is 16.2 Å². The number of rotatable bonds is 7. The van der Waals surface area contributed by atoms with Crippen molar-refractivity contribution >= 4 is 17.3 Å². The second kappa shape index (κ2) is 9.70. The Morgan fingerprint density at radius 2 is 1.94 bits per heavy atom. The molecule has 2 aromatic carbocycles. The summed E-state index contributed by atoms with van der Waals surface area (Å²) in [4.78, 5) is 14.8. The van der Waals surface area contributed by atoms with Crippen molar-refractivity contribution in [1.29, 1.82) is 0 Å². The Labute approximate surface area is 181 Å². The van der Waals surface area contributed by atoms with Crippen LogP contribution in [-0.2, 0) is 6.54 Å². The minimum Gasteiger partial charge on any atom is -0.374 e. The number of para-hydroxylation sites is 2. The largest absolute Gasteiger partial charge is 0.374 e. The minimum absolute atomic E-state index is 0.0391. The van der Waals surface area contributed by atoms with E-state index in [0.717, 1.165) is 29.8 Å². The van der Waals surface area contributed by atoms with Crippen LogP contribution in [0.15, 0.2) is 53.6 Å². The van der Waals surface area contributed by atoms with E-state index < -0.39 is 0 Å². The molecule has 1 heterocycles. The van der Waals surface area contributed by atoms with Gasteiger partial charge < -0.3 is 16.0 Å². The van der Waals surface area contributed by atoms with E-state index in [1.165, 1.54) is 19.3 Å². The lowest BCUT2D eigenvalue weighted by Crippen LogP contribution is -2.65. The van der Waals surface area contributed by atoms with Crippen LogP contribution < -0.4 is 26.8 Å². The van der Waals surface area contributed by atoms with Crippen molar-refractivity contribution in [2.45, 2.75) is 50.4 Å². The van der Waals surface area contributed by atoms with Gasteiger partial charge in [0.05, 0.1) is 23.6 Å². The van der Waals surface area contributed by atoms with Crippen molar-refractivity contribution < 1.29 is 4.79 Å². The molecule has 5 N–H and O–H groups in total. The van der Waals surface area contributed by atoms with Gasteiger partial charge in [0.25, 0.3) is 5.91 Å². The fourth-order valence-corrected chi connectivity index (χ4v) is 4.44. The first-order valence-corrected chi connectivity index (χ1v) is 10.7. The van der Waals surface area contributed by atoms with Crippen molar-refractivity contribution in [2.75, 3.05) is 17.3 Å². The lowest BCUT2D eigenvalue weighted by Gasteiger charge is -2.49. The van der Waals surface area contributed by atoms with E-state index in [4.69, 9.17) is 5.53 Å². The van der Waals surface area contributed by atoms with Gasteiger partial charge in [-0.3, -0.25) is 10.2 Å². The van der Waals surface area contributed by atoms with Crippen molar-refractivity contribution in [3.63, 3.8) is 0 Å². The molecule has 1 aliphatic carbocycles. The molecule has 1 unspecified atom stereocenters. The lowest BCUT2D eigenvalue weighted by molar-refractivity contribution is 0.0954. The number of hydrazine groups is 1. The van der Waals surface area contributed by atoms with Gasteiger partial charge in [0.1, 0.15) is 6.17 Å². The van der Waals surface area contributed by atoms with Gasteiger partial charge in [-0.25, -0.2) is 5.43 Å². The Kier molecular flexibility index (Phi) is 6.57. The molecule has 9 nitrogen and oxygen atoms in total. The topological polar surface area (TPSA) is 126 Å². The highest BCUT2D eigenvalue weighted by Crippen LogP contribution is 2.40. The van der Waals surface area contributed by atoms with Crippen LogP contribution in [0.25, 0.3) is 10.4 Å². The van der Waals surface area contributed by atoms with Crippen LogP contribution in [0.2, 0.25) is 0 Å². The fraction of sp³-hybridized carbons (Fsp3) is 0.409. The van der Waals surface area contributed by atoms with Gasteiger partial charge >= 0.3 is 0 Å². The molecule has 1 saturated carbocycles. The lowest BCUT2D eigenvalue weighted by atomic mass is 9.78. The summed E-state index contributed by atoms with van der Waals surface area (Å²) in [5.41, 5.74) is 18.9. The maximum Gasteiger partial charge on any atom is 0.251 e. The molecule has 0 bridgehead atoms. The Bertz CT molecular complexity index is 965. The fourth-order valence-electron chi connectivity index (χ4n) is 4.44. The van der Waals surface area contributed by atoms with E-state index >= 15 is 0 Å². The summed E-state index contributed by atoms with van der Waals surface area (Å²) >= 11 is 0. The van der Waals surface area contributed by atoms with Crippen molar-refractivity contribution in [3.05, 3.63) is 70.1 Å². The maximum atomic E-state index is 12.2. The number of benzene rings is 2. The number of carbonyl (C=O) groups excluding carboxylic acids is 1. The van der Waals surface area contributed by atoms with Crippen LogP contribution in [0.3, 0.4) is 0 Å². The first kappa shape index (κ1) is 21.0. The zero-order chi connectivity index (χ0) is 21.5. The number of amides is 1. The van der Waals surface area contributed by atoms with Gasteiger partial charge in [0, 0.05) is 17.0 Å². The quantitative estimate of drug-likeness (QED) is 0.201. The summed E-state index contributed by atoms with van der Waals surface area (Å²) in [6, 6.07) is 15.7. The molecule has 9 heteroatoms. The number of nitrogens with zero attached hydrogens (tertiary/aromatic N) is 3. The molecule has 1 spiro atoms. The highest BCUT2D eigenvalue weighted by atomic mass is 16.1. The molecule has 4 rings (SSSR count). The van der Waals surface area contributed by atoms with Crippen LogP contribution in [0, 0.1) is 0 Å². The SMILES string of the molecule is [N-]=[N+]=NCNC(=O)c1cccc(CNNC2Nc3ccccc3NC23CCCCC3)c1. The molecule has 1 atom stereocenters. The summed E-state index contributed by atoms with van der Waals surface area (Å²) < 4.78 is 0. The van der Waals surface area contributed by atoms with Crippen LogP contribution in [0.5, 0.6) is 0 Å². The Morgan fingerprint density at radius 3 is 2.74 bits per heavy atom. The summed E-state index contributed by atoms with van der Waals surface area (Å²) in [7, 11) is 0. The Balaban J connectivity index is 1.40. The van der Waals surface area contributed by atoms with Crippen LogP contribution in [-0.4, -0.2) is 24.3 Å². The number of carbonyl (C=O) groups is 1. The predicted octanol–water partition coefficient (Wildman–Crippen LogP) is 3.85. The molecule has 2 aromatic rings. The predicted molar refractivity (Wildman–Crippen MR) is 121 cm³/mol. The zero-order valence-corrected chi connectivity index (χ0v) is 17.4. The third kappa shape index (κ3) is 4.91. The van der Waals surface area contributed by atoms with Gasteiger partial charge in [-0.1, -0.05) is 48.6 Å². The monoisotopic (exact) mass is 420 g/mol. The summed E-state index contributed by atoms with van der Waals surface area (Å²) in [6.07, 6.45) is 5.95. The van der Waals surface area contributed by atoms with E-state index in [2.05, 4.69) is 55.0 Å². The van der Waals surface area contributed by atoms with Crippen LogP contribution in [0.4, 0.5) is 11.4 Å². The average molecular weight is 421 g/mol.